The van der Waals surface area contributed by atoms with Crippen LogP contribution in [0.4, 0.5) is 11.8 Å². The molecule has 6 nitrogen and oxygen atoms in total. The molecule has 0 aromatic carbocycles. The average Bonchev–Trinajstić information content (AvgIpc) is 2.85. The van der Waals surface area contributed by atoms with Crippen LogP contribution in [0.3, 0.4) is 0 Å². The highest BCUT2D eigenvalue weighted by molar-refractivity contribution is 7.16. The number of nitrogens with two attached hydrogens (primary N) is 2. The highest BCUT2D eigenvalue weighted by Crippen LogP contribution is 2.29. The summed E-state index contributed by atoms with van der Waals surface area (Å²) < 4.78 is 1.92. The first-order valence-corrected chi connectivity index (χ1v) is 5.57. The van der Waals surface area contributed by atoms with E-state index in [4.69, 9.17) is 11.5 Å². The maximum atomic E-state index is 5.74. The van der Waals surface area contributed by atoms with E-state index in [2.05, 4.69) is 15.0 Å². The Hall–Kier alpha value is -2.02. The van der Waals surface area contributed by atoms with E-state index in [1.165, 1.54) is 0 Å². The van der Waals surface area contributed by atoms with Gasteiger partial charge in [-0.25, -0.2) is 9.97 Å². The molecule has 0 aliphatic rings. The fraction of sp³-hybridized carbons (Fsp3) is 0.111. The Morgan fingerprint density at radius 2 is 2.25 bits per heavy atom. The second kappa shape index (κ2) is 2.99. The third kappa shape index (κ3) is 1.12. The van der Waals surface area contributed by atoms with E-state index in [0.29, 0.717) is 11.8 Å². The lowest BCUT2D eigenvalue weighted by Gasteiger charge is -1.95. The van der Waals surface area contributed by atoms with E-state index in [1.54, 1.807) is 17.7 Å². The number of nitrogen functional groups attached to an aromatic ring is 2. The molecular formula is C9H10N6S. The maximum absolute atomic E-state index is 5.74. The van der Waals surface area contributed by atoms with Gasteiger partial charge in [-0.1, -0.05) is 0 Å². The third-order valence-electron chi connectivity index (χ3n) is 2.44. The molecule has 3 rings (SSSR count). The van der Waals surface area contributed by atoms with Crippen LogP contribution in [0.1, 0.15) is 5.69 Å². The number of rotatable bonds is 1. The number of fused-ring (bicyclic) bond motifs is 1. The summed E-state index contributed by atoms with van der Waals surface area (Å²) in [6.45, 7) is 1.93. The minimum absolute atomic E-state index is 0.417. The molecule has 0 radical (unpaired) electrons. The number of nitrogens with zero attached hydrogens (tertiary/aromatic N) is 3. The molecule has 5 N–H and O–H groups in total. The Morgan fingerprint density at radius 1 is 1.44 bits per heavy atom. The molecule has 0 aliphatic carbocycles. The minimum Gasteiger partial charge on any atom is -0.381 e. The fourth-order valence-electron chi connectivity index (χ4n) is 1.71. The molecule has 0 fully saturated rings. The van der Waals surface area contributed by atoms with Crippen LogP contribution in [0.5, 0.6) is 0 Å². The summed E-state index contributed by atoms with van der Waals surface area (Å²) in [5.41, 5.74) is 14.1. The van der Waals surface area contributed by atoms with Gasteiger partial charge in [0.05, 0.1) is 5.69 Å². The van der Waals surface area contributed by atoms with Crippen molar-refractivity contribution in [3.8, 4) is 11.4 Å². The van der Waals surface area contributed by atoms with Crippen molar-refractivity contribution in [1.29, 1.82) is 0 Å². The van der Waals surface area contributed by atoms with Gasteiger partial charge in [-0.3, -0.25) is 4.40 Å². The van der Waals surface area contributed by atoms with E-state index in [1.807, 2.05) is 16.7 Å². The van der Waals surface area contributed by atoms with Gasteiger partial charge in [0.2, 0.25) is 0 Å². The Kier molecular flexibility index (Phi) is 1.72. The smallest absolute Gasteiger partial charge is 0.198 e. The number of thiazole rings is 1. The second-order valence-electron chi connectivity index (χ2n) is 3.52. The van der Waals surface area contributed by atoms with Crippen LogP contribution >= 0.6 is 11.3 Å². The molecule has 0 aliphatic heterocycles. The number of hydrogen-bond acceptors (Lipinski definition) is 5. The summed E-state index contributed by atoms with van der Waals surface area (Å²) in [6.07, 6.45) is 1.70. The lowest BCUT2D eigenvalue weighted by atomic mass is 10.3. The van der Waals surface area contributed by atoms with Gasteiger partial charge in [-0.15, -0.1) is 11.3 Å². The number of hydrogen-bond donors (Lipinski definition) is 3. The highest BCUT2D eigenvalue weighted by Gasteiger charge is 2.14. The zero-order valence-electron chi connectivity index (χ0n) is 8.56. The number of aryl methyl sites for hydroxylation is 1. The SMILES string of the molecule is Cc1[nH]c(N)nc1-c1csc2c(N)ncn12. The summed E-state index contributed by atoms with van der Waals surface area (Å²) in [6, 6.07) is 0. The number of nitrogens with one attached hydrogen (secondary N) is 1. The van der Waals surface area contributed by atoms with Crippen molar-refractivity contribution < 1.29 is 0 Å². The first kappa shape index (κ1) is 9.22. The van der Waals surface area contributed by atoms with Crippen LogP contribution in [0.15, 0.2) is 11.7 Å². The van der Waals surface area contributed by atoms with Crippen LogP contribution in [-0.4, -0.2) is 19.4 Å². The van der Waals surface area contributed by atoms with Gasteiger partial charge >= 0.3 is 0 Å². The molecular weight excluding hydrogens is 224 g/mol. The molecule has 0 amide bonds. The third-order valence-corrected chi connectivity index (χ3v) is 3.41. The predicted octanol–water partition coefficient (Wildman–Crippen LogP) is 1.26. The molecule has 0 unspecified atom stereocenters. The van der Waals surface area contributed by atoms with E-state index in [0.717, 1.165) is 21.9 Å². The average molecular weight is 234 g/mol. The zero-order chi connectivity index (χ0) is 11.3. The van der Waals surface area contributed by atoms with Gasteiger partial charge in [-0.2, -0.15) is 0 Å². The Labute approximate surface area is 94.9 Å². The molecule has 0 saturated heterocycles. The van der Waals surface area contributed by atoms with Crippen molar-refractivity contribution in [3.05, 3.63) is 17.4 Å². The van der Waals surface area contributed by atoms with Gasteiger partial charge in [0.15, 0.2) is 11.8 Å². The summed E-state index contributed by atoms with van der Waals surface area (Å²) in [7, 11) is 0. The van der Waals surface area contributed by atoms with Gasteiger partial charge in [0, 0.05) is 11.1 Å². The molecule has 0 spiro atoms. The molecule has 16 heavy (non-hydrogen) atoms. The number of H-pyrrole nitrogens is 1. The second-order valence-corrected chi connectivity index (χ2v) is 4.38. The lowest BCUT2D eigenvalue weighted by molar-refractivity contribution is 1.16. The predicted molar refractivity (Wildman–Crippen MR) is 64.2 cm³/mol. The molecule has 0 atom stereocenters. The van der Waals surface area contributed by atoms with Crippen LogP contribution in [0, 0.1) is 6.92 Å². The first-order valence-electron chi connectivity index (χ1n) is 4.69. The van der Waals surface area contributed by atoms with E-state index in [9.17, 15) is 0 Å². The first-order chi connectivity index (χ1) is 7.66. The largest absolute Gasteiger partial charge is 0.381 e. The Balaban J connectivity index is 2.30. The van der Waals surface area contributed by atoms with Gasteiger partial charge in [0.25, 0.3) is 0 Å². The number of aromatic nitrogens is 4. The Morgan fingerprint density at radius 3 is 2.94 bits per heavy atom. The van der Waals surface area contributed by atoms with Crippen molar-refractivity contribution in [1.82, 2.24) is 19.4 Å². The van der Waals surface area contributed by atoms with E-state index >= 15 is 0 Å². The summed E-state index contributed by atoms with van der Waals surface area (Å²) in [5, 5.41) is 2.00. The van der Waals surface area contributed by atoms with Crippen LogP contribution in [0.2, 0.25) is 0 Å². The molecule has 82 valence electrons. The van der Waals surface area contributed by atoms with E-state index in [-0.39, 0.29) is 0 Å². The molecule has 0 bridgehead atoms. The van der Waals surface area contributed by atoms with Crippen molar-refractivity contribution in [2.75, 3.05) is 11.5 Å². The van der Waals surface area contributed by atoms with Crippen molar-refractivity contribution in [3.63, 3.8) is 0 Å². The Bertz CT molecular complexity index is 661. The molecule has 3 aromatic rings. The van der Waals surface area contributed by atoms with Crippen LogP contribution < -0.4 is 11.5 Å². The summed E-state index contributed by atoms with van der Waals surface area (Å²) in [4.78, 5) is 12.2. The number of anilines is 2. The van der Waals surface area contributed by atoms with Crippen molar-refractivity contribution in [2.45, 2.75) is 6.92 Å². The number of imidazole rings is 2. The summed E-state index contributed by atoms with van der Waals surface area (Å²) in [5.74, 6) is 0.956. The maximum Gasteiger partial charge on any atom is 0.198 e. The quantitative estimate of drug-likeness (QED) is 0.590. The van der Waals surface area contributed by atoms with Gasteiger partial charge in [0.1, 0.15) is 16.9 Å². The lowest BCUT2D eigenvalue weighted by Crippen LogP contribution is -1.87. The minimum atomic E-state index is 0.417. The van der Waals surface area contributed by atoms with Crippen LogP contribution in [0.25, 0.3) is 16.2 Å². The van der Waals surface area contributed by atoms with Gasteiger partial charge < -0.3 is 16.5 Å². The zero-order valence-corrected chi connectivity index (χ0v) is 9.38. The summed E-state index contributed by atoms with van der Waals surface area (Å²) >= 11 is 1.54. The molecule has 3 heterocycles. The van der Waals surface area contributed by atoms with Crippen LogP contribution in [-0.2, 0) is 0 Å². The molecule has 0 saturated carbocycles. The van der Waals surface area contributed by atoms with Gasteiger partial charge in [-0.05, 0) is 6.92 Å². The molecule has 3 aromatic heterocycles. The molecule has 7 heteroatoms. The monoisotopic (exact) mass is 234 g/mol. The van der Waals surface area contributed by atoms with Crippen molar-refractivity contribution in [2.24, 2.45) is 0 Å². The number of aromatic amines is 1. The fourth-order valence-corrected chi connectivity index (χ4v) is 2.59. The van der Waals surface area contributed by atoms with E-state index < -0.39 is 0 Å². The highest BCUT2D eigenvalue weighted by atomic mass is 32.1. The topological polar surface area (TPSA) is 98.0 Å². The standard InChI is InChI=1S/C9H10N6S/c1-4-6(14-9(11)13-4)5-2-16-8-7(10)12-3-15(5)8/h2-3H,10H2,1H3,(H3,11,13,14). The normalized spacial score (nSPS) is 11.3. The van der Waals surface area contributed by atoms with Crippen molar-refractivity contribution >= 4 is 27.9 Å².